The van der Waals surface area contributed by atoms with Crippen LogP contribution in [0.25, 0.3) is 0 Å². The quantitative estimate of drug-likeness (QED) is 0.447. The predicted molar refractivity (Wildman–Crippen MR) is 133 cm³/mol. The molecule has 0 amide bonds. The number of hydrogen-bond donors (Lipinski definition) is 0. The van der Waals surface area contributed by atoms with E-state index in [2.05, 4.69) is 6.92 Å². The Hall–Kier alpha value is -0.320. The summed E-state index contributed by atoms with van der Waals surface area (Å²) in [5, 5.41) is 0. The van der Waals surface area contributed by atoms with Crippen molar-refractivity contribution in [2.75, 3.05) is 99.1 Å². The van der Waals surface area contributed by atoms with Crippen LogP contribution in [0.5, 0.6) is 0 Å². The summed E-state index contributed by atoms with van der Waals surface area (Å²) in [6.07, 6.45) is 11.6. The summed E-state index contributed by atoms with van der Waals surface area (Å²) in [7, 11) is 0. The molecule has 0 radical (unpaired) electrons. The van der Waals surface area contributed by atoms with Crippen LogP contribution in [-0.2, 0) is 37.9 Å². The smallest absolute Gasteiger partial charge is 0.0809 e. The van der Waals surface area contributed by atoms with E-state index in [1.165, 1.54) is 51.4 Å². The van der Waals surface area contributed by atoms with Gasteiger partial charge < -0.3 is 37.9 Å². The summed E-state index contributed by atoms with van der Waals surface area (Å²) in [5.41, 5.74) is 0. The molecule has 1 aliphatic rings. The molecule has 0 aliphatic carbocycles. The van der Waals surface area contributed by atoms with Crippen LogP contribution in [-0.4, -0.2) is 105 Å². The summed E-state index contributed by atoms with van der Waals surface area (Å²) < 4.78 is 45.0. The van der Waals surface area contributed by atoms with Crippen LogP contribution in [0.2, 0.25) is 0 Å². The summed E-state index contributed by atoms with van der Waals surface area (Å²) in [6, 6.07) is 0. The molecule has 8 heteroatoms. The molecule has 0 bridgehead atoms. The predicted octanol–water partition coefficient (Wildman–Crippen LogP) is 4.03. The summed E-state index contributed by atoms with van der Waals surface area (Å²) >= 11 is 0. The van der Waals surface area contributed by atoms with Gasteiger partial charge in [-0.15, -0.1) is 0 Å². The topological polar surface area (TPSA) is 73.8 Å². The van der Waals surface area contributed by atoms with Crippen LogP contribution in [0.15, 0.2) is 0 Å². The minimum absolute atomic E-state index is 0.103. The maximum absolute atomic E-state index is 6.06. The molecule has 34 heavy (non-hydrogen) atoms. The molecule has 1 unspecified atom stereocenters. The maximum Gasteiger partial charge on any atom is 0.0809 e. The third-order valence-corrected chi connectivity index (χ3v) is 5.50. The lowest BCUT2D eigenvalue weighted by Crippen LogP contribution is -2.24. The zero-order chi connectivity index (χ0) is 24.2. The number of hydrogen-bond acceptors (Lipinski definition) is 8. The summed E-state index contributed by atoms with van der Waals surface area (Å²) in [5.74, 6) is 0. The third kappa shape index (κ3) is 23.4. The highest BCUT2D eigenvalue weighted by molar-refractivity contribution is 4.59. The van der Waals surface area contributed by atoms with Gasteiger partial charge in [0.2, 0.25) is 0 Å². The second kappa shape index (κ2) is 27.3. The summed E-state index contributed by atoms with van der Waals surface area (Å²) in [6.45, 7) is 10.7. The Morgan fingerprint density at radius 3 is 1.21 bits per heavy atom. The van der Waals surface area contributed by atoms with Crippen molar-refractivity contribution < 1.29 is 37.9 Å². The number of ether oxygens (including phenoxy) is 8. The average Bonchev–Trinajstić information content (AvgIpc) is 2.85. The van der Waals surface area contributed by atoms with E-state index in [9.17, 15) is 0 Å². The van der Waals surface area contributed by atoms with Gasteiger partial charge in [-0.3, -0.25) is 0 Å². The van der Waals surface area contributed by atoms with Crippen LogP contribution in [0, 0.1) is 0 Å². The fourth-order valence-electron chi connectivity index (χ4n) is 3.53. The van der Waals surface area contributed by atoms with Gasteiger partial charge in [-0.2, -0.15) is 0 Å². The van der Waals surface area contributed by atoms with Gasteiger partial charge in [0.15, 0.2) is 0 Å². The Morgan fingerprint density at radius 1 is 0.412 bits per heavy atom. The van der Waals surface area contributed by atoms with Crippen LogP contribution in [0.1, 0.15) is 64.7 Å². The molecule has 1 saturated heterocycles. The van der Waals surface area contributed by atoms with Crippen LogP contribution < -0.4 is 0 Å². The molecule has 1 rings (SSSR count). The minimum Gasteiger partial charge on any atom is -0.377 e. The molecule has 8 nitrogen and oxygen atoms in total. The van der Waals surface area contributed by atoms with E-state index in [1.54, 1.807) is 0 Å². The largest absolute Gasteiger partial charge is 0.377 e. The van der Waals surface area contributed by atoms with Crippen molar-refractivity contribution in [3.8, 4) is 0 Å². The van der Waals surface area contributed by atoms with Crippen LogP contribution in [0.3, 0.4) is 0 Å². The van der Waals surface area contributed by atoms with Gasteiger partial charge in [0.1, 0.15) is 0 Å². The monoisotopic (exact) mass is 492 g/mol. The van der Waals surface area contributed by atoms with Gasteiger partial charge in [-0.25, -0.2) is 0 Å². The lowest BCUT2D eigenvalue weighted by molar-refractivity contribution is -0.0605. The Labute approximate surface area is 208 Å². The van der Waals surface area contributed by atoms with Crippen LogP contribution >= 0.6 is 0 Å². The first-order chi connectivity index (χ1) is 16.9. The molecule has 1 heterocycles. The van der Waals surface area contributed by atoms with Crippen molar-refractivity contribution in [3.05, 3.63) is 0 Å². The lowest BCUT2D eigenvalue weighted by atomic mass is 10.1. The van der Waals surface area contributed by atoms with Crippen molar-refractivity contribution in [2.45, 2.75) is 70.8 Å². The SMILES string of the molecule is CCCCCCCCCCC1COCCOCCOCCOCCOCCOCCOCCO1. The van der Waals surface area contributed by atoms with E-state index in [0.29, 0.717) is 99.1 Å². The Morgan fingerprint density at radius 2 is 0.765 bits per heavy atom. The number of unbranched alkanes of at least 4 members (excludes halogenated alkanes) is 7. The third-order valence-electron chi connectivity index (χ3n) is 5.50. The Kier molecular flexibility index (Phi) is 25.4. The van der Waals surface area contributed by atoms with E-state index in [-0.39, 0.29) is 6.10 Å². The van der Waals surface area contributed by atoms with Gasteiger partial charge in [-0.1, -0.05) is 58.3 Å². The molecule has 0 spiro atoms. The molecule has 0 aromatic heterocycles. The molecule has 204 valence electrons. The fourth-order valence-corrected chi connectivity index (χ4v) is 3.53. The lowest BCUT2D eigenvalue weighted by Gasteiger charge is -2.18. The van der Waals surface area contributed by atoms with Crippen LogP contribution in [0.4, 0.5) is 0 Å². The van der Waals surface area contributed by atoms with Gasteiger partial charge >= 0.3 is 0 Å². The van der Waals surface area contributed by atoms with Crippen molar-refractivity contribution >= 4 is 0 Å². The highest BCUT2D eigenvalue weighted by atomic mass is 16.6. The molecule has 0 aromatic rings. The van der Waals surface area contributed by atoms with E-state index < -0.39 is 0 Å². The van der Waals surface area contributed by atoms with Gasteiger partial charge in [0.05, 0.1) is 105 Å². The standard InChI is InChI=1S/C26H52O8/c1-2-3-4-5-6-7-8-9-10-26-25-33-22-21-31-18-17-29-14-13-27-11-12-28-15-16-30-19-20-32-23-24-34-26/h26H,2-25H2,1H3. The highest BCUT2D eigenvalue weighted by Gasteiger charge is 2.10. The van der Waals surface area contributed by atoms with Gasteiger partial charge in [0.25, 0.3) is 0 Å². The van der Waals surface area contributed by atoms with E-state index in [4.69, 9.17) is 37.9 Å². The second-order valence-corrected chi connectivity index (χ2v) is 8.51. The summed E-state index contributed by atoms with van der Waals surface area (Å²) in [4.78, 5) is 0. The fraction of sp³-hybridized carbons (Fsp3) is 1.00. The van der Waals surface area contributed by atoms with E-state index in [0.717, 1.165) is 6.42 Å². The van der Waals surface area contributed by atoms with Gasteiger partial charge in [-0.05, 0) is 6.42 Å². The number of rotatable bonds is 9. The molecule has 0 saturated carbocycles. The highest BCUT2D eigenvalue weighted by Crippen LogP contribution is 2.12. The van der Waals surface area contributed by atoms with Gasteiger partial charge in [0, 0.05) is 0 Å². The molecule has 0 N–H and O–H groups in total. The average molecular weight is 493 g/mol. The second-order valence-electron chi connectivity index (χ2n) is 8.51. The molecular weight excluding hydrogens is 440 g/mol. The van der Waals surface area contributed by atoms with Crippen molar-refractivity contribution in [1.29, 1.82) is 0 Å². The molecule has 1 atom stereocenters. The Bertz CT molecular complexity index is 362. The van der Waals surface area contributed by atoms with E-state index >= 15 is 0 Å². The zero-order valence-corrected chi connectivity index (χ0v) is 21.8. The molecule has 1 fully saturated rings. The minimum atomic E-state index is 0.103. The molecule has 0 aromatic carbocycles. The first-order valence-electron chi connectivity index (χ1n) is 13.6. The molecular formula is C26H52O8. The normalized spacial score (nSPS) is 22.7. The first kappa shape index (κ1) is 31.7. The van der Waals surface area contributed by atoms with E-state index in [1.807, 2.05) is 0 Å². The Balaban J connectivity index is 2.21. The first-order valence-corrected chi connectivity index (χ1v) is 13.6. The maximum atomic E-state index is 6.06. The van der Waals surface area contributed by atoms with Crippen molar-refractivity contribution in [2.24, 2.45) is 0 Å². The molecule has 1 aliphatic heterocycles. The van der Waals surface area contributed by atoms with Crippen molar-refractivity contribution in [1.82, 2.24) is 0 Å². The van der Waals surface area contributed by atoms with Crippen molar-refractivity contribution in [3.63, 3.8) is 0 Å². The zero-order valence-electron chi connectivity index (χ0n) is 21.8.